The maximum Gasteiger partial charge on any atom is 0.216 e. The van der Waals surface area contributed by atoms with Crippen molar-refractivity contribution >= 4 is 21.9 Å². The van der Waals surface area contributed by atoms with E-state index in [0.717, 1.165) is 56.0 Å². The molecule has 0 bridgehead atoms. The van der Waals surface area contributed by atoms with Gasteiger partial charge in [0.15, 0.2) is 6.20 Å². The van der Waals surface area contributed by atoms with Crippen molar-refractivity contribution < 1.29 is 8.98 Å². The summed E-state index contributed by atoms with van der Waals surface area (Å²) in [6, 6.07) is 19.1. The fraction of sp³-hybridized carbons (Fsp3) is 0.323. The van der Waals surface area contributed by atoms with E-state index in [1.54, 1.807) is 0 Å². The summed E-state index contributed by atoms with van der Waals surface area (Å²) in [5, 5.41) is 2.22. The molecule has 0 amide bonds. The second-order valence-electron chi connectivity index (χ2n) is 11.6. The Morgan fingerprint density at radius 2 is 1.51 bits per heavy atom. The number of para-hydroxylation sites is 1. The highest BCUT2D eigenvalue weighted by molar-refractivity contribution is 6.12. The third-order valence-corrected chi connectivity index (χ3v) is 6.63. The predicted octanol–water partition coefficient (Wildman–Crippen LogP) is 7.44. The first kappa shape index (κ1) is 23.2. The number of furan rings is 1. The van der Waals surface area contributed by atoms with Gasteiger partial charge in [-0.2, -0.15) is 0 Å². The van der Waals surface area contributed by atoms with Gasteiger partial charge in [-0.1, -0.05) is 65.8 Å². The van der Waals surface area contributed by atoms with Crippen LogP contribution in [0.5, 0.6) is 0 Å². The fourth-order valence-electron chi connectivity index (χ4n) is 4.57. The molecule has 4 heteroatoms. The Hall–Kier alpha value is -3.53. The zero-order chi connectivity index (χ0) is 25.1. The molecule has 3 aromatic heterocycles. The second kappa shape index (κ2) is 8.01. The van der Waals surface area contributed by atoms with Gasteiger partial charge in [0.25, 0.3) is 0 Å². The largest absolute Gasteiger partial charge is 0.454 e. The number of aromatic nitrogens is 3. The maximum absolute atomic E-state index is 6.74. The highest BCUT2D eigenvalue weighted by Crippen LogP contribution is 2.40. The van der Waals surface area contributed by atoms with Crippen LogP contribution in [0.25, 0.3) is 44.5 Å². The van der Waals surface area contributed by atoms with Crippen molar-refractivity contribution in [3.63, 3.8) is 0 Å². The van der Waals surface area contributed by atoms with Gasteiger partial charge in [-0.05, 0) is 30.7 Å². The third-order valence-electron chi connectivity index (χ3n) is 6.63. The Labute approximate surface area is 207 Å². The van der Waals surface area contributed by atoms with Crippen LogP contribution in [0.15, 0.2) is 65.2 Å². The molecule has 35 heavy (non-hydrogen) atoms. The lowest BCUT2D eigenvalue weighted by Gasteiger charge is -2.23. The van der Waals surface area contributed by atoms with Gasteiger partial charge in [0.05, 0.1) is 17.0 Å². The van der Waals surface area contributed by atoms with Crippen molar-refractivity contribution in [1.82, 2.24) is 9.97 Å². The van der Waals surface area contributed by atoms with Crippen molar-refractivity contribution in [2.24, 2.45) is 7.05 Å². The van der Waals surface area contributed by atoms with Gasteiger partial charge in [0.2, 0.25) is 5.69 Å². The molecule has 0 aliphatic carbocycles. The summed E-state index contributed by atoms with van der Waals surface area (Å²) in [6.45, 7) is 15.2. The Morgan fingerprint density at radius 3 is 2.20 bits per heavy atom. The van der Waals surface area contributed by atoms with Gasteiger partial charge in [-0.3, -0.25) is 0 Å². The van der Waals surface area contributed by atoms with Crippen LogP contribution in [0.1, 0.15) is 58.6 Å². The molecule has 3 heterocycles. The molecule has 2 aromatic carbocycles. The maximum atomic E-state index is 6.74. The van der Waals surface area contributed by atoms with Crippen molar-refractivity contribution in [2.45, 2.75) is 59.3 Å². The van der Waals surface area contributed by atoms with Crippen LogP contribution >= 0.6 is 0 Å². The minimum absolute atomic E-state index is 0.0915. The van der Waals surface area contributed by atoms with E-state index in [-0.39, 0.29) is 10.8 Å². The minimum atomic E-state index is -0.163. The van der Waals surface area contributed by atoms with E-state index in [2.05, 4.69) is 115 Å². The molecule has 0 unspecified atom stereocenters. The predicted molar refractivity (Wildman–Crippen MR) is 143 cm³/mol. The van der Waals surface area contributed by atoms with E-state index in [4.69, 9.17) is 14.4 Å². The lowest BCUT2D eigenvalue weighted by molar-refractivity contribution is -0.660. The zero-order valence-corrected chi connectivity index (χ0v) is 22.0. The van der Waals surface area contributed by atoms with Gasteiger partial charge >= 0.3 is 0 Å². The first-order valence-electron chi connectivity index (χ1n) is 12.3. The van der Waals surface area contributed by atoms with Gasteiger partial charge in [-0.15, -0.1) is 0 Å². The lowest BCUT2D eigenvalue weighted by Crippen LogP contribution is -2.30. The van der Waals surface area contributed by atoms with Crippen LogP contribution in [0, 0.1) is 6.92 Å². The topological polar surface area (TPSA) is 42.8 Å². The molecule has 5 aromatic rings. The third kappa shape index (κ3) is 4.01. The molecule has 0 spiro atoms. The Balaban J connectivity index is 1.84. The monoisotopic (exact) mass is 464 g/mol. The number of fused-ring (bicyclic) bond motifs is 3. The first-order valence-corrected chi connectivity index (χ1v) is 12.3. The number of rotatable bonds is 2. The van der Waals surface area contributed by atoms with Gasteiger partial charge < -0.3 is 4.42 Å². The van der Waals surface area contributed by atoms with Crippen LogP contribution in [0.4, 0.5) is 0 Å². The summed E-state index contributed by atoms with van der Waals surface area (Å²) >= 11 is 0. The molecular formula is C31H34N3O+. The quantitative estimate of drug-likeness (QED) is 0.255. The summed E-state index contributed by atoms with van der Waals surface area (Å²) in [7, 11) is 2.07. The number of benzene rings is 2. The van der Waals surface area contributed by atoms with Crippen molar-refractivity contribution in [3.05, 3.63) is 77.9 Å². The average molecular weight is 465 g/mol. The summed E-state index contributed by atoms with van der Waals surface area (Å²) in [5.41, 5.74) is 7.91. The highest BCUT2D eigenvalue weighted by Gasteiger charge is 2.26. The van der Waals surface area contributed by atoms with Crippen LogP contribution in [0.2, 0.25) is 0 Å². The minimum Gasteiger partial charge on any atom is -0.454 e. The second-order valence-corrected chi connectivity index (χ2v) is 11.6. The molecule has 0 saturated heterocycles. The molecule has 178 valence electrons. The molecule has 0 saturated carbocycles. The zero-order valence-electron chi connectivity index (χ0n) is 22.0. The van der Waals surface area contributed by atoms with Crippen LogP contribution in [-0.4, -0.2) is 9.97 Å². The summed E-state index contributed by atoms with van der Waals surface area (Å²) in [4.78, 5) is 10.0. The highest BCUT2D eigenvalue weighted by atomic mass is 16.3. The number of nitrogens with zero attached hydrogens (tertiary/aromatic N) is 3. The number of aryl methyl sites for hydroxylation is 2. The first-order chi connectivity index (χ1) is 16.4. The smallest absolute Gasteiger partial charge is 0.216 e. The van der Waals surface area contributed by atoms with Crippen LogP contribution in [-0.2, 0) is 17.9 Å². The van der Waals surface area contributed by atoms with E-state index in [1.165, 1.54) is 5.56 Å². The van der Waals surface area contributed by atoms with E-state index < -0.39 is 0 Å². The molecule has 0 N–H and O–H groups in total. The number of hydrogen-bond donors (Lipinski definition) is 0. The Morgan fingerprint density at radius 1 is 0.771 bits per heavy atom. The van der Waals surface area contributed by atoms with E-state index in [9.17, 15) is 0 Å². The van der Waals surface area contributed by atoms with Crippen molar-refractivity contribution in [2.75, 3.05) is 0 Å². The molecule has 5 rings (SSSR count). The summed E-state index contributed by atoms with van der Waals surface area (Å²) < 4.78 is 8.88. The van der Waals surface area contributed by atoms with Gasteiger partial charge in [0, 0.05) is 39.3 Å². The SMILES string of the molecule is Cc1ccc2c(oc3c(-c4cc(C(C)(C)C)nc(C(C)(C)C)n4)cccc32)c1-c1cccc[n+]1C. The molecule has 0 radical (unpaired) electrons. The molecular weight excluding hydrogens is 430 g/mol. The summed E-state index contributed by atoms with van der Waals surface area (Å²) in [5.74, 6) is 0.848. The normalized spacial score (nSPS) is 12.6. The Bertz CT molecular complexity index is 1550. The fourth-order valence-corrected chi connectivity index (χ4v) is 4.57. The van der Waals surface area contributed by atoms with E-state index >= 15 is 0 Å². The molecule has 0 fully saturated rings. The van der Waals surface area contributed by atoms with E-state index in [0.29, 0.717) is 0 Å². The average Bonchev–Trinajstić information content (AvgIpc) is 3.17. The molecule has 0 atom stereocenters. The lowest BCUT2D eigenvalue weighted by atomic mass is 9.89. The molecule has 0 aliphatic rings. The number of pyridine rings is 1. The molecule has 4 nitrogen and oxygen atoms in total. The van der Waals surface area contributed by atoms with Gasteiger partial charge in [0.1, 0.15) is 24.0 Å². The Kier molecular flexibility index (Phi) is 5.32. The standard InChI is InChI=1S/C31H34N3O/c1-19-15-16-21-20-12-11-13-22(23-18-25(30(2,3)4)33-29(32-23)31(5,6)7)27(20)35-28(21)26(19)24-14-9-10-17-34(24)8/h9-18H,1-8H3/q+1. The van der Waals surface area contributed by atoms with Crippen LogP contribution in [0.3, 0.4) is 0 Å². The van der Waals surface area contributed by atoms with Gasteiger partial charge in [-0.25, -0.2) is 14.5 Å². The number of hydrogen-bond acceptors (Lipinski definition) is 3. The van der Waals surface area contributed by atoms with E-state index in [1.807, 2.05) is 6.07 Å². The van der Waals surface area contributed by atoms with Crippen molar-refractivity contribution in [3.8, 4) is 22.5 Å². The summed E-state index contributed by atoms with van der Waals surface area (Å²) in [6.07, 6.45) is 2.07. The van der Waals surface area contributed by atoms with Crippen molar-refractivity contribution in [1.29, 1.82) is 0 Å². The molecule has 0 aliphatic heterocycles. The van der Waals surface area contributed by atoms with Crippen LogP contribution < -0.4 is 4.57 Å².